The molecule has 1 aromatic carbocycles. The summed E-state index contributed by atoms with van der Waals surface area (Å²) in [4.78, 5) is 13.4. The molecule has 0 radical (unpaired) electrons. The van der Waals surface area contributed by atoms with E-state index in [1.807, 2.05) is 0 Å². The molecule has 3 rings (SSSR count). The smallest absolute Gasteiger partial charge is 0.225 e. The van der Waals surface area contributed by atoms with E-state index in [1.54, 1.807) is 4.90 Å². The highest BCUT2D eigenvalue weighted by Gasteiger charge is 2.42. The lowest BCUT2D eigenvalue weighted by Gasteiger charge is -2.38. The summed E-state index contributed by atoms with van der Waals surface area (Å²) in [6.45, 7) is 1.04. The number of rotatable bonds is 1. The first kappa shape index (κ1) is 12.2. The van der Waals surface area contributed by atoms with Gasteiger partial charge in [-0.25, -0.2) is 8.78 Å². The fraction of sp³-hybridized carbons (Fsp3) is 0.462. The molecule has 2 unspecified atom stereocenters. The number of fused-ring (bicyclic) bond motifs is 1. The standard InChI is InChI=1S/C13H15F2N3O/c14-8-3-4-9(16)12(11(8)15)18-5-1-2-7-10(18)6-17-13(7)19/h3-4,7,10H,1-2,5-6,16H2,(H,17,19). The van der Waals surface area contributed by atoms with Crippen LogP contribution < -0.4 is 16.0 Å². The van der Waals surface area contributed by atoms with Crippen LogP contribution in [-0.2, 0) is 4.79 Å². The lowest BCUT2D eigenvalue weighted by atomic mass is 9.91. The maximum Gasteiger partial charge on any atom is 0.225 e. The van der Waals surface area contributed by atoms with E-state index in [4.69, 9.17) is 5.73 Å². The fourth-order valence-electron chi connectivity index (χ4n) is 3.08. The van der Waals surface area contributed by atoms with Crippen molar-refractivity contribution in [3.8, 4) is 0 Å². The summed E-state index contributed by atoms with van der Waals surface area (Å²) in [5.74, 6) is -2.01. The molecule has 0 aliphatic carbocycles. The average molecular weight is 267 g/mol. The molecule has 1 amide bonds. The van der Waals surface area contributed by atoms with E-state index in [0.717, 1.165) is 18.9 Å². The minimum absolute atomic E-state index is 0.00918. The van der Waals surface area contributed by atoms with Crippen LogP contribution in [0.4, 0.5) is 20.2 Å². The van der Waals surface area contributed by atoms with Crippen LogP contribution in [0.25, 0.3) is 0 Å². The van der Waals surface area contributed by atoms with E-state index < -0.39 is 11.6 Å². The zero-order valence-electron chi connectivity index (χ0n) is 10.3. The highest BCUT2D eigenvalue weighted by Crippen LogP contribution is 2.36. The lowest BCUT2D eigenvalue weighted by Crippen LogP contribution is -2.46. The number of amides is 1. The fourth-order valence-corrected chi connectivity index (χ4v) is 3.08. The first-order valence-electron chi connectivity index (χ1n) is 6.37. The summed E-state index contributed by atoms with van der Waals surface area (Å²) >= 11 is 0. The van der Waals surface area contributed by atoms with Gasteiger partial charge in [-0.05, 0) is 25.0 Å². The summed E-state index contributed by atoms with van der Waals surface area (Å²) in [6.07, 6.45) is 1.55. The van der Waals surface area contributed by atoms with Gasteiger partial charge in [0.15, 0.2) is 11.6 Å². The Morgan fingerprint density at radius 3 is 2.95 bits per heavy atom. The number of carbonyl (C=O) groups is 1. The number of benzene rings is 1. The Morgan fingerprint density at radius 2 is 2.16 bits per heavy atom. The third kappa shape index (κ3) is 1.82. The van der Waals surface area contributed by atoms with Crippen LogP contribution in [0, 0.1) is 17.6 Å². The molecule has 2 aliphatic heterocycles. The van der Waals surface area contributed by atoms with Gasteiger partial charge in [-0.2, -0.15) is 0 Å². The van der Waals surface area contributed by atoms with Gasteiger partial charge < -0.3 is 16.0 Å². The second-order valence-corrected chi connectivity index (χ2v) is 5.05. The predicted molar refractivity (Wildman–Crippen MR) is 67.6 cm³/mol. The number of nitrogens with one attached hydrogen (secondary N) is 1. The first-order chi connectivity index (χ1) is 9.09. The van der Waals surface area contributed by atoms with E-state index in [1.165, 1.54) is 6.07 Å². The molecule has 2 saturated heterocycles. The zero-order chi connectivity index (χ0) is 13.6. The zero-order valence-corrected chi connectivity index (χ0v) is 10.3. The molecule has 19 heavy (non-hydrogen) atoms. The minimum Gasteiger partial charge on any atom is -0.397 e. The molecule has 102 valence electrons. The number of nitrogens with two attached hydrogens (primary N) is 1. The molecule has 0 saturated carbocycles. The topological polar surface area (TPSA) is 58.4 Å². The van der Waals surface area contributed by atoms with Gasteiger partial charge in [0.25, 0.3) is 0 Å². The van der Waals surface area contributed by atoms with Crippen molar-refractivity contribution in [2.45, 2.75) is 18.9 Å². The van der Waals surface area contributed by atoms with Crippen molar-refractivity contribution in [2.75, 3.05) is 23.7 Å². The number of hydrogen-bond acceptors (Lipinski definition) is 3. The van der Waals surface area contributed by atoms with Crippen molar-refractivity contribution < 1.29 is 13.6 Å². The van der Waals surface area contributed by atoms with Crippen LogP contribution in [-0.4, -0.2) is 25.0 Å². The van der Waals surface area contributed by atoms with E-state index in [2.05, 4.69) is 5.32 Å². The summed E-state index contributed by atoms with van der Waals surface area (Å²) in [5.41, 5.74) is 6.08. The second-order valence-electron chi connectivity index (χ2n) is 5.05. The molecule has 4 nitrogen and oxygen atoms in total. The average Bonchev–Trinajstić information content (AvgIpc) is 2.78. The molecular weight excluding hydrogens is 252 g/mol. The Balaban J connectivity index is 2.02. The largest absolute Gasteiger partial charge is 0.397 e. The van der Waals surface area contributed by atoms with E-state index >= 15 is 0 Å². The van der Waals surface area contributed by atoms with Crippen LogP contribution in [0.1, 0.15) is 12.8 Å². The van der Waals surface area contributed by atoms with Gasteiger partial charge in [-0.15, -0.1) is 0 Å². The predicted octanol–water partition coefficient (Wildman–Crippen LogP) is 1.26. The highest BCUT2D eigenvalue weighted by molar-refractivity contribution is 5.84. The van der Waals surface area contributed by atoms with Gasteiger partial charge in [0, 0.05) is 13.1 Å². The van der Waals surface area contributed by atoms with Gasteiger partial charge in [-0.3, -0.25) is 4.79 Å². The third-order valence-electron chi connectivity index (χ3n) is 3.99. The van der Waals surface area contributed by atoms with Gasteiger partial charge in [0.2, 0.25) is 5.91 Å². The minimum atomic E-state index is -0.931. The first-order valence-corrected chi connectivity index (χ1v) is 6.37. The van der Waals surface area contributed by atoms with Gasteiger partial charge in [-0.1, -0.05) is 0 Å². The molecule has 2 atom stereocenters. The van der Waals surface area contributed by atoms with Crippen LogP contribution in [0.5, 0.6) is 0 Å². The molecule has 2 fully saturated rings. The van der Waals surface area contributed by atoms with Crippen LogP contribution >= 0.6 is 0 Å². The molecule has 0 aromatic heterocycles. The number of anilines is 2. The van der Waals surface area contributed by atoms with Crippen molar-refractivity contribution >= 4 is 17.3 Å². The second kappa shape index (κ2) is 4.36. The number of piperidine rings is 1. The van der Waals surface area contributed by atoms with Crippen molar-refractivity contribution in [3.63, 3.8) is 0 Å². The van der Waals surface area contributed by atoms with Gasteiger partial charge in [0.1, 0.15) is 0 Å². The summed E-state index contributed by atoms with van der Waals surface area (Å²) in [7, 11) is 0. The number of carbonyl (C=O) groups excluding carboxylic acids is 1. The van der Waals surface area contributed by atoms with E-state index in [9.17, 15) is 13.6 Å². The van der Waals surface area contributed by atoms with Crippen molar-refractivity contribution in [1.29, 1.82) is 0 Å². The maximum atomic E-state index is 14.0. The molecule has 3 N–H and O–H groups in total. The van der Waals surface area contributed by atoms with Gasteiger partial charge >= 0.3 is 0 Å². The quantitative estimate of drug-likeness (QED) is 0.753. The molecule has 1 aromatic rings. The summed E-state index contributed by atoms with van der Waals surface area (Å²) in [5, 5.41) is 2.78. The maximum absolute atomic E-state index is 14.0. The molecule has 2 aliphatic rings. The Labute approximate surface area is 109 Å². The molecule has 0 spiro atoms. The Kier molecular flexibility index (Phi) is 2.80. The molecule has 6 heteroatoms. The van der Waals surface area contributed by atoms with Gasteiger partial charge in [0.05, 0.1) is 23.3 Å². The van der Waals surface area contributed by atoms with Crippen LogP contribution in [0.3, 0.4) is 0 Å². The van der Waals surface area contributed by atoms with Crippen LogP contribution in [0.2, 0.25) is 0 Å². The highest BCUT2D eigenvalue weighted by atomic mass is 19.2. The van der Waals surface area contributed by atoms with Crippen molar-refractivity contribution in [1.82, 2.24) is 5.32 Å². The molecular formula is C13H15F2N3O. The Hall–Kier alpha value is -1.85. The Bertz CT molecular complexity index is 535. The van der Waals surface area contributed by atoms with E-state index in [-0.39, 0.29) is 29.2 Å². The number of halogens is 2. The molecule has 0 bridgehead atoms. The Morgan fingerprint density at radius 1 is 1.37 bits per heavy atom. The van der Waals surface area contributed by atoms with Crippen molar-refractivity contribution in [3.05, 3.63) is 23.8 Å². The normalized spacial score (nSPS) is 26.2. The lowest BCUT2D eigenvalue weighted by molar-refractivity contribution is -0.123. The third-order valence-corrected chi connectivity index (χ3v) is 3.99. The SMILES string of the molecule is Nc1ccc(F)c(F)c1N1CCCC2C(=O)NCC21. The van der Waals surface area contributed by atoms with Crippen molar-refractivity contribution in [2.24, 2.45) is 5.92 Å². The molecule has 2 heterocycles. The number of nitrogen functional groups attached to an aromatic ring is 1. The van der Waals surface area contributed by atoms with Crippen LogP contribution in [0.15, 0.2) is 12.1 Å². The summed E-state index contributed by atoms with van der Waals surface area (Å²) in [6, 6.07) is 2.25. The van der Waals surface area contributed by atoms with E-state index in [0.29, 0.717) is 13.1 Å². The summed E-state index contributed by atoms with van der Waals surface area (Å²) < 4.78 is 27.4. The monoisotopic (exact) mass is 267 g/mol. The number of hydrogen-bond donors (Lipinski definition) is 2. The number of nitrogens with zero attached hydrogens (tertiary/aromatic N) is 1.